The lowest BCUT2D eigenvalue weighted by molar-refractivity contribution is -0.143. The summed E-state index contributed by atoms with van der Waals surface area (Å²) in [6.45, 7) is 7.00. The highest BCUT2D eigenvalue weighted by atomic mass is 32.2. The quantitative estimate of drug-likeness (QED) is 0.773. The number of aliphatic imine (C=N–C) groups is 1. The van der Waals surface area contributed by atoms with Crippen LogP contribution in [0.4, 0.5) is 4.39 Å². The molecule has 0 saturated carbocycles. The number of allylic oxidation sites excluding steroid dienone is 1. The number of hydrogen-bond donors (Lipinski definition) is 0. The van der Waals surface area contributed by atoms with Gasteiger partial charge in [-0.25, -0.2) is 14.2 Å². The number of amides is 1. The SMILES string of the molecule is CC1=C(C(=O)OC(C)C)[C@H](c2cccc(F)c2)N2C(=O)[C@@H](C)SC2=N1. The maximum Gasteiger partial charge on any atom is 0.338 e. The average molecular weight is 362 g/mol. The standard InChI is InChI=1S/C18H19FN2O3S/c1-9(2)24-17(23)14-10(3)20-18-21(16(22)11(4)25-18)15(14)12-6-5-7-13(19)8-12/h5-9,11,15H,1-4H3/t11-,15+/m1/s1. The Morgan fingerprint density at radius 3 is 2.76 bits per heavy atom. The minimum atomic E-state index is -0.737. The van der Waals surface area contributed by atoms with Crippen LogP contribution in [0, 0.1) is 5.82 Å². The first-order chi connectivity index (χ1) is 11.8. The first kappa shape index (κ1) is 17.7. The predicted molar refractivity (Wildman–Crippen MR) is 94.4 cm³/mol. The van der Waals surface area contributed by atoms with Gasteiger partial charge in [0.1, 0.15) is 5.82 Å². The van der Waals surface area contributed by atoms with E-state index in [1.807, 2.05) is 0 Å². The van der Waals surface area contributed by atoms with Crippen LogP contribution in [0.25, 0.3) is 0 Å². The van der Waals surface area contributed by atoms with Crippen molar-refractivity contribution >= 4 is 28.8 Å². The largest absolute Gasteiger partial charge is 0.459 e. The molecule has 0 unspecified atom stereocenters. The monoisotopic (exact) mass is 362 g/mol. The number of thioether (sulfide) groups is 1. The Bertz CT molecular complexity index is 803. The number of hydrogen-bond acceptors (Lipinski definition) is 5. The lowest BCUT2D eigenvalue weighted by Gasteiger charge is -2.33. The van der Waals surface area contributed by atoms with Crippen LogP contribution in [0.15, 0.2) is 40.5 Å². The summed E-state index contributed by atoms with van der Waals surface area (Å²) in [6.07, 6.45) is -0.311. The smallest absolute Gasteiger partial charge is 0.338 e. The van der Waals surface area contributed by atoms with Crippen molar-refractivity contribution in [3.63, 3.8) is 0 Å². The summed E-state index contributed by atoms with van der Waals surface area (Å²) in [5.74, 6) is -1.12. The van der Waals surface area contributed by atoms with Crippen LogP contribution < -0.4 is 0 Å². The fourth-order valence-electron chi connectivity index (χ4n) is 2.93. The van der Waals surface area contributed by atoms with Crippen LogP contribution in [0.2, 0.25) is 0 Å². The van der Waals surface area contributed by atoms with Gasteiger partial charge >= 0.3 is 5.97 Å². The molecule has 0 bridgehead atoms. The van der Waals surface area contributed by atoms with Gasteiger partial charge in [-0.15, -0.1) is 0 Å². The second-order valence-corrected chi connectivity index (χ2v) is 7.58. The Morgan fingerprint density at radius 2 is 2.12 bits per heavy atom. The van der Waals surface area contributed by atoms with E-state index in [-0.39, 0.29) is 22.8 Å². The van der Waals surface area contributed by atoms with Crippen LogP contribution in [0.1, 0.15) is 39.3 Å². The second kappa shape index (κ2) is 6.63. The Morgan fingerprint density at radius 1 is 1.40 bits per heavy atom. The summed E-state index contributed by atoms with van der Waals surface area (Å²) in [4.78, 5) is 31.2. The zero-order chi connectivity index (χ0) is 18.3. The number of esters is 1. The van der Waals surface area contributed by atoms with Gasteiger partial charge in [-0.1, -0.05) is 23.9 Å². The van der Waals surface area contributed by atoms with E-state index in [2.05, 4.69) is 4.99 Å². The van der Waals surface area contributed by atoms with Crippen molar-refractivity contribution in [1.29, 1.82) is 0 Å². The summed E-state index contributed by atoms with van der Waals surface area (Å²) >= 11 is 1.34. The van der Waals surface area contributed by atoms with Gasteiger partial charge in [0, 0.05) is 0 Å². The highest BCUT2D eigenvalue weighted by Gasteiger charge is 2.46. The summed E-state index contributed by atoms with van der Waals surface area (Å²) in [7, 11) is 0. The number of halogens is 1. The molecule has 1 amide bonds. The van der Waals surface area contributed by atoms with E-state index >= 15 is 0 Å². The molecule has 2 aliphatic heterocycles. The third kappa shape index (κ3) is 3.20. The molecule has 0 aromatic heterocycles. The van der Waals surface area contributed by atoms with E-state index in [1.165, 1.54) is 28.8 Å². The molecule has 0 spiro atoms. The number of fused-ring (bicyclic) bond motifs is 1. The molecule has 1 aromatic carbocycles. The number of ether oxygens (including phenoxy) is 1. The minimum absolute atomic E-state index is 0.152. The molecule has 132 valence electrons. The van der Waals surface area contributed by atoms with Gasteiger partial charge in [-0.3, -0.25) is 9.69 Å². The number of rotatable bonds is 3. The zero-order valence-electron chi connectivity index (χ0n) is 14.4. The second-order valence-electron chi connectivity index (χ2n) is 6.27. The molecular formula is C18H19FN2O3S. The van der Waals surface area contributed by atoms with Crippen LogP contribution in [-0.2, 0) is 14.3 Å². The van der Waals surface area contributed by atoms with E-state index in [4.69, 9.17) is 4.74 Å². The third-order valence-electron chi connectivity index (χ3n) is 3.99. The molecule has 0 aliphatic carbocycles. The molecule has 2 heterocycles. The van der Waals surface area contributed by atoms with Gasteiger partial charge in [0.2, 0.25) is 5.91 Å². The molecule has 3 rings (SSSR count). The minimum Gasteiger partial charge on any atom is -0.459 e. The summed E-state index contributed by atoms with van der Waals surface area (Å²) in [5.41, 5.74) is 1.28. The topological polar surface area (TPSA) is 59.0 Å². The molecule has 1 aromatic rings. The highest BCUT2D eigenvalue weighted by Crippen LogP contribution is 2.43. The van der Waals surface area contributed by atoms with Gasteiger partial charge in [0.05, 0.1) is 28.7 Å². The normalized spacial score (nSPS) is 23.0. The first-order valence-corrected chi connectivity index (χ1v) is 8.93. The van der Waals surface area contributed by atoms with Crippen molar-refractivity contribution < 1.29 is 18.7 Å². The van der Waals surface area contributed by atoms with Gasteiger partial charge in [0.15, 0.2) is 5.17 Å². The van der Waals surface area contributed by atoms with Crippen molar-refractivity contribution in [1.82, 2.24) is 4.90 Å². The number of carbonyl (C=O) groups is 2. The fourth-order valence-corrected chi connectivity index (χ4v) is 3.96. The molecule has 0 radical (unpaired) electrons. The molecule has 0 N–H and O–H groups in total. The number of carbonyl (C=O) groups excluding carboxylic acids is 2. The molecule has 2 aliphatic rings. The van der Waals surface area contributed by atoms with Crippen molar-refractivity contribution in [3.05, 3.63) is 46.9 Å². The Labute approximate surface area is 149 Å². The van der Waals surface area contributed by atoms with Gasteiger partial charge in [-0.2, -0.15) is 0 Å². The van der Waals surface area contributed by atoms with Gasteiger partial charge in [0.25, 0.3) is 0 Å². The molecule has 25 heavy (non-hydrogen) atoms. The first-order valence-electron chi connectivity index (χ1n) is 8.05. The zero-order valence-corrected chi connectivity index (χ0v) is 15.3. The number of nitrogens with zero attached hydrogens (tertiary/aromatic N) is 2. The van der Waals surface area contributed by atoms with Crippen LogP contribution in [0.3, 0.4) is 0 Å². The maximum absolute atomic E-state index is 13.8. The van der Waals surface area contributed by atoms with E-state index in [1.54, 1.807) is 39.8 Å². The Hall–Kier alpha value is -2.15. The molecule has 1 fully saturated rings. The Balaban J connectivity index is 2.14. The average Bonchev–Trinajstić information content (AvgIpc) is 2.79. The third-order valence-corrected chi connectivity index (χ3v) is 5.04. The van der Waals surface area contributed by atoms with Crippen LogP contribution >= 0.6 is 11.8 Å². The summed E-state index contributed by atoms with van der Waals surface area (Å²) in [6, 6.07) is 5.19. The van der Waals surface area contributed by atoms with Gasteiger partial charge in [-0.05, 0) is 45.4 Å². The summed E-state index contributed by atoms with van der Waals surface area (Å²) < 4.78 is 19.2. The number of benzene rings is 1. The van der Waals surface area contributed by atoms with E-state index < -0.39 is 17.8 Å². The van der Waals surface area contributed by atoms with E-state index in [9.17, 15) is 14.0 Å². The van der Waals surface area contributed by atoms with E-state index in [0.29, 0.717) is 16.4 Å². The molecule has 2 atom stereocenters. The lowest BCUT2D eigenvalue weighted by atomic mass is 9.94. The molecular weight excluding hydrogens is 343 g/mol. The maximum atomic E-state index is 13.8. The molecule has 1 saturated heterocycles. The van der Waals surface area contributed by atoms with Crippen molar-refractivity contribution in [3.8, 4) is 0 Å². The van der Waals surface area contributed by atoms with Crippen LogP contribution in [0.5, 0.6) is 0 Å². The number of amidine groups is 1. The summed E-state index contributed by atoms with van der Waals surface area (Å²) in [5, 5.41) is 0.230. The lowest BCUT2D eigenvalue weighted by Crippen LogP contribution is -2.40. The van der Waals surface area contributed by atoms with Gasteiger partial charge < -0.3 is 4.74 Å². The fraction of sp³-hybridized carbons (Fsp3) is 0.389. The molecule has 7 heteroatoms. The molecule has 5 nitrogen and oxygen atoms in total. The van der Waals surface area contributed by atoms with Crippen LogP contribution in [-0.4, -0.2) is 33.3 Å². The van der Waals surface area contributed by atoms with E-state index in [0.717, 1.165) is 0 Å². The predicted octanol–water partition coefficient (Wildman–Crippen LogP) is 3.43. The van der Waals surface area contributed by atoms with Crippen molar-refractivity contribution in [2.24, 2.45) is 4.99 Å². The Kier molecular flexibility index (Phi) is 4.69. The van der Waals surface area contributed by atoms with Crippen molar-refractivity contribution in [2.45, 2.75) is 45.1 Å². The van der Waals surface area contributed by atoms with Crippen molar-refractivity contribution in [2.75, 3.05) is 0 Å². The highest BCUT2D eigenvalue weighted by molar-refractivity contribution is 8.15.